The number of halogens is 4. The first-order valence-corrected chi connectivity index (χ1v) is 7.54. The van der Waals surface area contributed by atoms with E-state index in [2.05, 4.69) is 0 Å². The van der Waals surface area contributed by atoms with Gasteiger partial charge in [0.1, 0.15) is 0 Å². The monoisotopic (exact) mass is 320 g/mol. The number of hydrogen-bond donors (Lipinski definition) is 1. The second-order valence-corrected chi connectivity index (χ2v) is 6.07. The van der Waals surface area contributed by atoms with Gasteiger partial charge in [0.05, 0.1) is 5.92 Å². The van der Waals surface area contributed by atoms with Crippen LogP contribution in [-0.2, 0) is 0 Å². The van der Waals surface area contributed by atoms with Gasteiger partial charge < -0.3 is 10.6 Å². The van der Waals surface area contributed by atoms with Crippen LogP contribution in [0.2, 0.25) is 5.02 Å². The van der Waals surface area contributed by atoms with E-state index in [1.165, 1.54) is 0 Å². The fraction of sp³-hybridized carbons (Fsp3) is 0.600. The second kappa shape index (κ2) is 6.99. The third-order valence-electron chi connectivity index (χ3n) is 4.00. The molecule has 1 aliphatic rings. The Kier molecular flexibility index (Phi) is 5.52. The van der Waals surface area contributed by atoms with Crippen LogP contribution >= 0.6 is 11.6 Å². The standard InChI is InChI=1S/C15H20ClF3N2/c16-13-5-1-3-11(9-13)14(20)6-8-21-7-2-4-12(10-21)15(17,18)19/h1,3,5,9,12,14H,2,4,6-8,10,20H2. The number of piperidine rings is 1. The van der Waals surface area contributed by atoms with Gasteiger partial charge in [0.25, 0.3) is 0 Å². The van der Waals surface area contributed by atoms with Gasteiger partial charge >= 0.3 is 6.18 Å². The van der Waals surface area contributed by atoms with Crippen molar-refractivity contribution in [3.8, 4) is 0 Å². The van der Waals surface area contributed by atoms with E-state index in [9.17, 15) is 13.2 Å². The Labute approximate surface area is 128 Å². The minimum absolute atomic E-state index is 0.0891. The molecule has 6 heteroatoms. The summed E-state index contributed by atoms with van der Waals surface area (Å²) in [7, 11) is 0. The molecule has 2 unspecified atom stereocenters. The molecule has 1 heterocycles. The minimum atomic E-state index is -4.09. The first kappa shape index (κ1) is 16.6. The smallest absolute Gasteiger partial charge is 0.324 e. The van der Waals surface area contributed by atoms with Crippen molar-refractivity contribution in [2.45, 2.75) is 31.5 Å². The van der Waals surface area contributed by atoms with Crippen molar-refractivity contribution >= 4 is 11.6 Å². The SMILES string of the molecule is NC(CCN1CCCC(C(F)(F)F)C1)c1cccc(Cl)c1. The van der Waals surface area contributed by atoms with E-state index in [0.717, 1.165) is 12.1 Å². The average molecular weight is 321 g/mol. The van der Waals surface area contributed by atoms with Gasteiger partial charge in [-0.05, 0) is 50.0 Å². The molecule has 2 rings (SSSR count). The zero-order valence-corrected chi connectivity index (χ0v) is 12.5. The van der Waals surface area contributed by atoms with Crippen LogP contribution in [-0.4, -0.2) is 30.7 Å². The lowest BCUT2D eigenvalue weighted by Gasteiger charge is -2.34. The molecule has 1 aromatic carbocycles. The van der Waals surface area contributed by atoms with Crippen molar-refractivity contribution in [2.24, 2.45) is 11.7 Å². The summed E-state index contributed by atoms with van der Waals surface area (Å²) in [6.45, 7) is 1.39. The Morgan fingerprint density at radius 1 is 1.38 bits per heavy atom. The number of likely N-dealkylation sites (tertiary alicyclic amines) is 1. The molecule has 1 saturated heterocycles. The molecule has 0 aromatic heterocycles. The van der Waals surface area contributed by atoms with Crippen LogP contribution in [0.25, 0.3) is 0 Å². The molecule has 2 N–H and O–H groups in total. The van der Waals surface area contributed by atoms with Crippen LogP contribution in [0.15, 0.2) is 24.3 Å². The summed E-state index contributed by atoms with van der Waals surface area (Å²) >= 11 is 5.92. The molecular weight excluding hydrogens is 301 g/mol. The predicted octanol–water partition coefficient (Wildman–Crippen LogP) is 4.00. The maximum atomic E-state index is 12.8. The van der Waals surface area contributed by atoms with E-state index in [0.29, 0.717) is 24.4 Å². The molecule has 0 spiro atoms. The number of nitrogens with zero attached hydrogens (tertiary/aromatic N) is 1. The van der Waals surface area contributed by atoms with E-state index in [1.54, 1.807) is 12.1 Å². The topological polar surface area (TPSA) is 29.3 Å². The highest BCUT2D eigenvalue weighted by Gasteiger charge is 2.41. The largest absolute Gasteiger partial charge is 0.393 e. The van der Waals surface area contributed by atoms with Crippen molar-refractivity contribution in [3.05, 3.63) is 34.9 Å². The van der Waals surface area contributed by atoms with Gasteiger partial charge in [-0.3, -0.25) is 0 Å². The zero-order chi connectivity index (χ0) is 15.5. The summed E-state index contributed by atoms with van der Waals surface area (Å²) in [6, 6.07) is 7.11. The maximum absolute atomic E-state index is 12.8. The van der Waals surface area contributed by atoms with Crippen LogP contribution in [0.1, 0.15) is 30.9 Å². The van der Waals surface area contributed by atoms with Gasteiger partial charge in [0.2, 0.25) is 0 Å². The lowest BCUT2D eigenvalue weighted by molar-refractivity contribution is -0.186. The normalized spacial score (nSPS) is 22.2. The Bertz CT molecular complexity index is 464. The van der Waals surface area contributed by atoms with Crippen LogP contribution in [0.3, 0.4) is 0 Å². The summed E-state index contributed by atoms with van der Waals surface area (Å²) in [6.07, 6.45) is -2.63. The molecule has 21 heavy (non-hydrogen) atoms. The van der Waals surface area contributed by atoms with Crippen LogP contribution in [0.5, 0.6) is 0 Å². The van der Waals surface area contributed by atoms with Crippen molar-refractivity contribution in [3.63, 3.8) is 0 Å². The Morgan fingerprint density at radius 2 is 2.14 bits per heavy atom. The number of hydrogen-bond acceptors (Lipinski definition) is 2. The minimum Gasteiger partial charge on any atom is -0.324 e. The van der Waals surface area contributed by atoms with Gasteiger partial charge in [-0.1, -0.05) is 23.7 Å². The predicted molar refractivity (Wildman–Crippen MR) is 78.2 cm³/mol. The molecular formula is C15H20ClF3N2. The van der Waals surface area contributed by atoms with Gasteiger partial charge in [-0.15, -0.1) is 0 Å². The third-order valence-corrected chi connectivity index (χ3v) is 4.24. The van der Waals surface area contributed by atoms with Crippen LogP contribution in [0, 0.1) is 5.92 Å². The number of alkyl halides is 3. The fourth-order valence-corrected chi connectivity index (χ4v) is 2.95. The molecule has 1 fully saturated rings. The Hall–Kier alpha value is -0.780. The van der Waals surface area contributed by atoms with Gasteiger partial charge in [-0.25, -0.2) is 0 Å². The van der Waals surface area contributed by atoms with E-state index in [1.807, 2.05) is 17.0 Å². The number of rotatable bonds is 4. The van der Waals surface area contributed by atoms with Gasteiger partial charge in [-0.2, -0.15) is 13.2 Å². The quantitative estimate of drug-likeness (QED) is 0.908. The number of nitrogens with two attached hydrogens (primary N) is 1. The van der Waals surface area contributed by atoms with E-state index in [4.69, 9.17) is 17.3 Å². The molecule has 118 valence electrons. The van der Waals surface area contributed by atoms with Gasteiger partial charge in [0.15, 0.2) is 0 Å². The molecule has 1 aromatic rings. The van der Waals surface area contributed by atoms with E-state index in [-0.39, 0.29) is 19.0 Å². The fourth-order valence-electron chi connectivity index (χ4n) is 2.75. The molecule has 0 aliphatic carbocycles. The average Bonchev–Trinajstić information content (AvgIpc) is 2.44. The summed E-state index contributed by atoms with van der Waals surface area (Å²) in [5.74, 6) is -1.20. The van der Waals surface area contributed by atoms with Crippen molar-refractivity contribution < 1.29 is 13.2 Å². The first-order valence-electron chi connectivity index (χ1n) is 7.16. The van der Waals surface area contributed by atoms with Crippen molar-refractivity contribution in [1.29, 1.82) is 0 Å². The molecule has 0 radical (unpaired) electrons. The molecule has 2 nitrogen and oxygen atoms in total. The van der Waals surface area contributed by atoms with Crippen LogP contribution in [0.4, 0.5) is 13.2 Å². The first-order chi connectivity index (χ1) is 9.86. The highest BCUT2D eigenvalue weighted by Crippen LogP contribution is 2.33. The van der Waals surface area contributed by atoms with Crippen molar-refractivity contribution in [1.82, 2.24) is 4.90 Å². The molecule has 1 aliphatic heterocycles. The maximum Gasteiger partial charge on any atom is 0.393 e. The highest BCUT2D eigenvalue weighted by molar-refractivity contribution is 6.30. The zero-order valence-electron chi connectivity index (χ0n) is 11.7. The summed E-state index contributed by atoms with van der Waals surface area (Å²) < 4.78 is 38.3. The lowest BCUT2D eigenvalue weighted by Crippen LogP contribution is -2.42. The third kappa shape index (κ3) is 4.87. The molecule has 0 bridgehead atoms. The van der Waals surface area contributed by atoms with Crippen LogP contribution < -0.4 is 5.73 Å². The Balaban J connectivity index is 1.85. The number of benzene rings is 1. The van der Waals surface area contributed by atoms with Crippen molar-refractivity contribution in [2.75, 3.05) is 19.6 Å². The van der Waals surface area contributed by atoms with E-state index < -0.39 is 12.1 Å². The molecule has 2 atom stereocenters. The second-order valence-electron chi connectivity index (χ2n) is 5.63. The lowest BCUT2D eigenvalue weighted by atomic mass is 9.96. The summed E-state index contributed by atoms with van der Waals surface area (Å²) in [5.41, 5.74) is 7.02. The summed E-state index contributed by atoms with van der Waals surface area (Å²) in [4.78, 5) is 1.87. The van der Waals surface area contributed by atoms with Gasteiger partial charge in [0, 0.05) is 17.6 Å². The highest BCUT2D eigenvalue weighted by atomic mass is 35.5. The molecule has 0 amide bonds. The molecule has 0 saturated carbocycles. The summed E-state index contributed by atoms with van der Waals surface area (Å²) in [5, 5.41) is 0.623. The Morgan fingerprint density at radius 3 is 2.81 bits per heavy atom. The van der Waals surface area contributed by atoms with E-state index >= 15 is 0 Å².